The standard InChI is InChI=1S/C17H16FN3O.C10H15N3OS/c1-17(2,3)14-8-15(11-4-6-12(18)7-5-11)20-21-9-13(10-22)19-16(14)21;1-10(2)9(14)13(5-4-12(10)3)8-6-15-7-11-8/h4-10H,1-3H3;6-7H,4-5H2,1-3H3. The monoisotopic (exact) mass is 522 g/mol. The number of imidazole rings is 1. The van der Waals surface area contributed by atoms with Crippen molar-refractivity contribution in [3.63, 3.8) is 0 Å². The first-order valence-electron chi connectivity index (χ1n) is 11.9. The van der Waals surface area contributed by atoms with E-state index in [1.54, 1.807) is 33.3 Å². The minimum Gasteiger partial charge on any atom is -0.296 e. The molecule has 4 heterocycles. The first-order chi connectivity index (χ1) is 17.4. The molecule has 10 heteroatoms. The van der Waals surface area contributed by atoms with Gasteiger partial charge < -0.3 is 0 Å². The molecule has 0 radical (unpaired) electrons. The molecular weight excluding hydrogens is 491 g/mol. The van der Waals surface area contributed by atoms with Gasteiger partial charge in [0.15, 0.2) is 11.9 Å². The molecule has 194 valence electrons. The molecule has 1 amide bonds. The Kier molecular flexibility index (Phi) is 7.25. The average Bonchev–Trinajstić information content (AvgIpc) is 3.52. The summed E-state index contributed by atoms with van der Waals surface area (Å²) in [5.41, 5.74) is 4.69. The van der Waals surface area contributed by atoms with E-state index >= 15 is 0 Å². The molecule has 0 N–H and O–H groups in total. The molecule has 4 aromatic rings. The molecule has 1 fully saturated rings. The molecule has 5 rings (SSSR count). The summed E-state index contributed by atoms with van der Waals surface area (Å²) in [6.07, 6.45) is 2.31. The van der Waals surface area contributed by atoms with Crippen LogP contribution in [0.15, 0.2) is 47.4 Å². The van der Waals surface area contributed by atoms with Gasteiger partial charge in [0.25, 0.3) is 0 Å². The Morgan fingerprint density at radius 1 is 1.14 bits per heavy atom. The molecule has 0 saturated carbocycles. The van der Waals surface area contributed by atoms with Gasteiger partial charge in [-0.2, -0.15) is 5.10 Å². The van der Waals surface area contributed by atoms with Crippen LogP contribution >= 0.6 is 11.3 Å². The minimum atomic E-state index is -0.429. The number of thiazole rings is 1. The number of hydrogen-bond donors (Lipinski definition) is 0. The van der Waals surface area contributed by atoms with Gasteiger partial charge in [-0.25, -0.2) is 18.9 Å². The SMILES string of the molecule is CC(C)(C)c1cc(-c2ccc(F)cc2)nn2cc(C=O)nc12.CN1CCN(c2cscn2)C(=O)C1(C)C. The number of anilines is 1. The Morgan fingerprint density at radius 3 is 2.43 bits per heavy atom. The van der Waals surface area contributed by atoms with Gasteiger partial charge in [0, 0.05) is 29.6 Å². The number of aromatic nitrogens is 4. The van der Waals surface area contributed by atoms with Crippen molar-refractivity contribution in [2.24, 2.45) is 0 Å². The van der Waals surface area contributed by atoms with E-state index in [0.29, 0.717) is 23.3 Å². The lowest BCUT2D eigenvalue weighted by molar-refractivity contribution is -0.130. The molecule has 1 aromatic carbocycles. The van der Waals surface area contributed by atoms with Crippen molar-refractivity contribution in [2.75, 3.05) is 25.0 Å². The largest absolute Gasteiger partial charge is 0.296 e. The van der Waals surface area contributed by atoms with Gasteiger partial charge in [-0.05, 0) is 56.6 Å². The number of benzene rings is 1. The van der Waals surface area contributed by atoms with Crippen LogP contribution < -0.4 is 4.90 Å². The fourth-order valence-electron chi connectivity index (χ4n) is 4.05. The Balaban J connectivity index is 0.000000186. The molecule has 0 aliphatic carbocycles. The van der Waals surface area contributed by atoms with Crippen LogP contribution in [0, 0.1) is 5.82 Å². The second kappa shape index (κ2) is 10.1. The second-order valence-electron chi connectivity index (χ2n) is 10.5. The van der Waals surface area contributed by atoms with Crippen LogP contribution in [-0.4, -0.2) is 62.4 Å². The molecule has 1 saturated heterocycles. The molecular formula is C27H31FN6O2S. The van der Waals surface area contributed by atoms with Crippen molar-refractivity contribution in [3.05, 3.63) is 64.5 Å². The predicted molar refractivity (Wildman–Crippen MR) is 144 cm³/mol. The van der Waals surface area contributed by atoms with Crippen LogP contribution in [0.3, 0.4) is 0 Å². The van der Waals surface area contributed by atoms with Gasteiger partial charge in [0.2, 0.25) is 5.91 Å². The lowest BCUT2D eigenvalue weighted by Gasteiger charge is -2.43. The third-order valence-electron chi connectivity index (χ3n) is 6.59. The number of aldehydes is 1. The third-order valence-corrected chi connectivity index (χ3v) is 7.16. The zero-order valence-electron chi connectivity index (χ0n) is 21.9. The fraction of sp³-hybridized carbons (Fsp3) is 0.370. The van der Waals surface area contributed by atoms with Crippen molar-refractivity contribution < 1.29 is 14.0 Å². The number of nitrogens with zero attached hydrogens (tertiary/aromatic N) is 6. The van der Waals surface area contributed by atoms with Gasteiger partial charge in [0.1, 0.15) is 17.3 Å². The van der Waals surface area contributed by atoms with Crippen LogP contribution in [-0.2, 0) is 10.2 Å². The summed E-state index contributed by atoms with van der Waals surface area (Å²) in [6.45, 7) is 11.7. The van der Waals surface area contributed by atoms with Crippen LogP contribution in [0.5, 0.6) is 0 Å². The van der Waals surface area contributed by atoms with E-state index in [1.165, 1.54) is 23.5 Å². The lowest BCUT2D eigenvalue weighted by atomic mass is 9.87. The Labute approximate surface area is 219 Å². The van der Waals surface area contributed by atoms with Crippen LogP contribution in [0.25, 0.3) is 16.9 Å². The molecule has 0 unspecified atom stereocenters. The maximum atomic E-state index is 13.1. The first kappa shape index (κ1) is 26.6. The zero-order chi connectivity index (χ0) is 27.0. The second-order valence-corrected chi connectivity index (χ2v) is 11.3. The van der Waals surface area contributed by atoms with E-state index in [2.05, 4.69) is 40.7 Å². The summed E-state index contributed by atoms with van der Waals surface area (Å²) in [5.74, 6) is 0.625. The van der Waals surface area contributed by atoms with Gasteiger partial charge in [-0.15, -0.1) is 11.3 Å². The van der Waals surface area contributed by atoms with E-state index in [-0.39, 0.29) is 17.1 Å². The summed E-state index contributed by atoms with van der Waals surface area (Å²) in [6, 6.07) is 8.14. The molecule has 37 heavy (non-hydrogen) atoms. The number of carbonyl (C=O) groups excluding carboxylic acids is 2. The van der Waals surface area contributed by atoms with Gasteiger partial charge in [0.05, 0.1) is 22.9 Å². The summed E-state index contributed by atoms with van der Waals surface area (Å²) in [4.78, 5) is 35.5. The van der Waals surface area contributed by atoms with E-state index < -0.39 is 5.54 Å². The van der Waals surface area contributed by atoms with Crippen molar-refractivity contribution in [1.29, 1.82) is 0 Å². The summed E-state index contributed by atoms with van der Waals surface area (Å²) in [5, 5.41) is 6.41. The Bertz CT molecular complexity index is 1410. The molecule has 3 aromatic heterocycles. The predicted octanol–water partition coefficient (Wildman–Crippen LogP) is 4.85. The number of piperazine rings is 1. The molecule has 8 nitrogen and oxygen atoms in total. The number of amides is 1. The lowest BCUT2D eigenvalue weighted by Crippen LogP contribution is -2.62. The van der Waals surface area contributed by atoms with Crippen LogP contribution in [0.2, 0.25) is 0 Å². The summed E-state index contributed by atoms with van der Waals surface area (Å²) >= 11 is 1.52. The van der Waals surface area contributed by atoms with E-state index in [4.69, 9.17) is 0 Å². The van der Waals surface area contributed by atoms with Gasteiger partial charge in [-0.1, -0.05) is 20.8 Å². The highest BCUT2D eigenvalue weighted by Gasteiger charge is 2.40. The third kappa shape index (κ3) is 5.45. The molecule has 0 spiro atoms. The molecule has 0 atom stereocenters. The number of halogens is 1. The average molecular weight is 523 g/mol. The normalized spacial score (nSPS) is 16.0. The molecule has 0 bridgehead atoms. The highest BCUT2D eigenvalue weighted by atomic mass is 32.1. The number of rotatable bonds is 3. The van der Waals surface area contributed by atoms with E-state index in [0.717, 1.165) is 30.0 Å². The number of likely N-dealkylation sites (N-methyl/N-ethyl adjacent to an activating group) is 1. The summed E-state index contributed by atoms with van der Waals surface area (Å²) in [7, 11) is 1.98. The Morgan fingerprint density at radius 2 is 1.84 bits per heavy atom. The Hall–Kier alpha value is -3.50. The van der Waals surface area contributed by atoms with Crippen molar-refractivity contribution >= 4 is 35.0 Å². The van der Waals surface area contributed by atoms with Crippen molar-refractivity contribution in [2.45, 2.75) is 45.6 Å². The van der Waals surface area contributed by atoms with Gasteiger partial charge in [-0.3, -0.25) is 19.4 Å². The number of hydrogen-bond acceptors (Lipinski definition) is 7. The first-order valence-corrected chi connectivity index (χ1v) is 12.9. The van der Waals surface area contributed by atoms with Crippen molar-refractivity contribution in [1.82, 2.24) is 24.5 Å². The smallest absolute Gasteiger partial charge is 0.248 e. The number of carbonyl (C=O) groups is 2. The van der Waals surface area contributed by atoms with E-state index in [1.807, 2.05) is 32.3 Å². The molecule has 1 aliphatic heterocycles. The maximum Gasteiger partial charge on any atom is 0.248 e. The van der Waals surface area contributed by atoms with Crippen LogP contribution in [0.1, 0.15) is 50.7 Å². The van der Waals surface area contributed by atoms with Crippen LogP contribution in [0.4, 0.5) is 10.2 Å². The quantitative estimate of drug-likeness (QED) is 0.358. The molecule has 1 aliphatic rings. The number of fused-ring (bicyclic) bond motifs is 1. The highest BCUT2D eigenvalue weighted by molar-refractivity contribution is 7.07. The minimum absolute atomic E-state index is 0.127. The van der Waals surface area contributed by atoms with E-state index in [9.17, 15) is 14.0 Å². The fourth-order valence-corrected chi connectivity index (χ4v) is 4.59. The van der Waals surface area contributed by atoms with Gasteiger partial charge >= 0.3 is 0 Å². The van der Waals surface area contributed by atoms with Crippen molar-refractivity contribution in [3.8, 4) is 11.3 Å². The summed E-state index contributed by atoms with van der Waals surface area (Å²) < 4.78 is 14.7. The topological polar surface area (TPSA) is 83.7 Å². The highest BCUT2D eigenvalue weighted by Crippen LogP contribution is 2.30. The zero-order valence-corrected chi connectivity index (χ0v) is 22.7. The maximum absolute atomic E-state index is 13.1.